The molecule has 2 aliphatic rings. The zero-order valence-electron chi connectivity index (χ0n) is 16.4. The number of carbonyl (C=O) groups excluding carboxylic acids is 1. The predicted molar refractivity (Wildman–Crippen MR) is 103 cm³/mol. The third-order valence-corrected chi connectivity index (χ3v) is 6.50. The Kier molecular flexibility index (Phi) is 5.28. The van der Waals surface area contributed by atoms with E-state index in [-0.39, 0.29) is 17.1 Å². The molecular formula is C20H32N4O2. The van der Waals surface area contributed by atoms with Gasteiger partial charge in [-0.3, -0.25) is 9.80 Å². The molecule has 1 atom stereocenters. The van der Waals surface area contributed by atoms with Crippen molar-refractivity contribution in [3.8, 4) is 0 Å². The summed E-state index contributed by atoms with van der Waals surface area (Å²) in [4.78, 5) is 18.4. The summed E-state index contributed by atoms with van der Waals surface area (Å²) in [5, 5.41) is 13.3. The second kappa shape index (κ2) is 7.18. The number of benzene rings is 1. The van der Waals surface area contributed by atoms with Gasteiger partial charge in [-0.05, 0) is 59.4 Å². The van der Waals surface area contributed by atoms with Crippen molar-refractivity contribution in [3.63, 3.8) is 0 Å². The largest absolute Gasteiger partial charge is 0.377 e. The van der Waals surface area contributed by atoms with E-state index in [1.165, 1.54) is 5.56 Å². The minimum Gasteiger partial charge on any atom is -0.377 e. The average molecular weight is 361 g/mol. The topological polar surface area (TPSA) is 59.1 Å². The third kappa shape index (κ3) is 3.21. The minimum atomic E-state index is -0.648. The number of rotatable bonds is 5. The van der Waals surface area contributed by atoms with Crippen LogP contribution in [-0.2, 0) is 5.54 Å². The van der Waals surface area contributed by atoms with E-state index < -0.39 is 6.23 Å². The van der Waals surface area contributed by atoms with Gasteiger partial charge < -0.3 is 15.3 Å². The van der Waals surface area contributed by atoms with E-state index in [1.54, 1.807) is 4.90 Å². The highest BCUT2D eigenvalue weighted by Crippen LogP contribution is 2.47. The fourth-order valence-electron chi connectivity index (χ4n) is 4.57. The standard InChI is InChI=1S/C20H32N4O2/c1-22(2)17(25)14-24-18(26)21-15-19(24)10-12-20(13-11-19,23(3)4)16-8-6-5-7-9-16/h5-9,17,25H,10-15H2,1-4H3,(H,21,26)/t17?,19-,20+. The molecule has 0 aromatic heterocycles. The van der Waals surface area contributed by atoms with Gasteiger partial charge in [-0.25, -0.2) is 4.79 Å². The van der Waals surface area contributed by atoms with Crippen LogP contribution in [0.15, 0.2) is 30.3 Å². The zero-order chi connectivity index (χ0) is 18.9. The van der Waals surface area contributed by atoms with Crippen molar-refractivity contribution in [2.24, 2.45) is 0 Å². The number of amides is 2. The number of likely N-dealkylation sites (N-methyl/N-ethyl adjacent to an activating group) is 1. The van der Waals surface area contributed by atoms with Gasteiger partial charge in [0.25, 0.3) is 0 Å². The Morgan fingerprint density at radius 3 is 2.27 bits per heavy atom. The Morgan fingerprint density at radius 1 is 1.12 bits per heavy atom. The SMILES string of the molecule is CN(C)C(O)CN1C(=O)NC[C@]12CC[C@](c1ccccc1)(N(C)C)CC2. The Hall–Kier alpha value is -1.63. The van der Waals surface area contributed by atoms with E-state index in [9.17, 15) is 9.90 Å². The molecule has 2 amide bonds. The highest BCUT2D eigenvalue weighted by Gasteiger charge is 2.52. The van der Waals surface area contributed by atoms with Crippen LogP contribution in [0.25, 0.3) is 0 Å². The lowest BCUT2D eigenvalue weighted by molar-refractivity contribution is -0.0233. The monoisotopic (exact) mass is 360 g/mol. The first-order chi connectivity index (χ1) is 12.3. The molecule has 1 aliphatic carbocycles. The van der Waals surface area contributed by atoms with Gasteiger partial charge in [0.05, 0.1) is 12.1 Å². The number of nitrogens with zero attached hydrogens (tertiary/aromatic N) is 3. The molecule has 1 saturated carbocycles. The Morgan fingerprint density at radius 2 is 1.73 bits per heavy atom. The van der Waals surface area contributed by atoms with Crippen molar-refractivity contribution in [2.75, 3.05) is 41.3 Å². The Balaban J connectivity index is 1.82. The number of aliphatic hydroxyl groups is 1. The molecule has 1 heterocycles. The number of β-amino-alcohol motifs (C(OH)–C–C–N with tert-alkyl or cyclic N) is 1. The molecule has 1 aliphatic heterocycles. The van der Waals surface area contributed by atoms with E-state index in [2.05, 4.69) is 54.6 Å². The number of nitrogens with one attached hydrogen (secondary N) is 1. The number of hydrogen-bond donors (Lipinski definition) is 2. The Labute approximate surface area is 156 Å². The second-order valence-corrected chi connectivity index (χ2v) is 8.23. The van der Waals surface area contributed by atoms with Gasteiger partial charge in [0.1, 0.15) is 6.23 Å². The smallest absolute Gasteiger partial charge is 0.318 e. The molecule has 26 heavy (non-hydrogen) atoms. The maximum atomic E-state index is 12.4. The first-order valence-corrected chi connectivity index (χ1v) is 9.44. The van der Waals surface area contributed by atoms with Crippen LogP contribution in [0.2, 0.25) is 0 Å². The molecule has 144 valence electrons. The van der Waals surface area contributed by atoms with E-state index in [0.717, 1.165) is 25.7 Å². The van der Waals surface area contributed by atoms with Crippen LogP contribution in [-0.4, -0.2) is 78.9 Å². The van der Waals surface area contributed by atoms with Gasteiger partial charge in [0.2, 0.25) is 0 Å². The lowest BCUT2D eigenvalue weighted by atomic mass is 9.68. The van der Waals surface area contributed by atoms with Crippen LogP contribution in [0.3, 0.4) is 0 Å². The van der Waals surface area contributed by atoms with Gasteiger partial charge in [0.15, 0.2) is 0 Å². The van der Waals surface area contributed by atoms with E-state index in [4.69, 9.17) is 0 Å². The maximum Gasteiger partial charge on any atom is 0.318 e. The molecule has 1 saturated heterocycles. The maximum absolute atomic E-state index is 12.4. The quantitative estimate of drug-likeness (QED) is 0.784. The van der Waals surface area contributed by atoms with E-state index in [0.29, 0.717) is 13.1 Å². The van der Waals surface area contributed by atoms with Crippen LogP contribution >= 0.6 is 0 Å². The highest BCUT2D eigenvalue weighted by atomic mass is 16.3. The fraction of sp³-hybridized carbons (Fsp3) is 0.650. The normalized spacial score (nSPS) is 30.3. The third-order valence-electron chi connectivity index (χ3n) is 6.50. The average Bonchev–Trinajstić information content (AvgIpc) is 2.93. The van der Waals surface area contributed by atoms with Crippen molar-refractivity contribution < 1.29 is 9.90 Å². The van der Waals surface area contributed by atoms with Crippen LogP contribution in [0.5, 0.6) is 0 Å². The summed E-state index contributed by atoms with van der Waals surface area (Å²) >= 11 is 0. The van der Waals surface area contributed by atoms with Gasteiger partial charge in [-0.2, -0.15) is 0 Å². The van der Waals surface area contributed by atoms with Crippen molar-refractivity contribution >= 4 is 6.03 Å². The summed E-state index contributed by atoms with van der Waals surface area (Å²) < 4.78 is 0. The van der Waals surface area contributed by atoms with E-state index in [1.807, 2.05) is 19.0 Å². The first kappa shape index (κ1) is 19.1. The number of urea groups is 1. The number of hydrogen-bond acceptors (Lipinski definition) is 4. The van der Waals surface area contributed by atoms with Crippen molar-refractivity contribution in [1.29, 1.82) is 0 Å². The van der Waals surface area contributed by atoms with Crippen molar-refractivity contribution in [3.05, 3.63) is 35.9 Å². The highest BCUT2D eigenvalue weighted by molar-refractivity contribution is 5.78. The van der Waals surface area contributed by atoms with Gasteiger partial charge in [-0.15, -0.1) is 0 Å². The molecular weight excluding hydrogens is 328 g/mol. The lowest BCUT2D eigenvalue weighted by Crippen LogP contribution is -2.57. The van der Waals surface area contributed by atoms with Crippen LogP contribution in [0.4, 0.5) is 4.79 Å². The second-order valence-electron chi connectivity index (χ2n) is 8.23. The molecule has 3 rings (SSSR count). The van der Waals surface area contributed by atoms with Crippen molar-refractivity contribution in [1.82, 2.24) is 20.0 Å². The van der Waals surface area contributed by atoms with Crippen molar-refractivity contribution in [2.45, 2.75) is 43.0 Å². The van der Waals surface area contributed by atoms with Crippen LogP contribution in [0, 0.1) is 0 Å². The molecule has 1 aromatic rings. The molecule has 1 aromatic carbocycles. The van der Waals surface area contributed by atoms with Gasteiger partial charge in [-0.1, -0.05) is 30.3 Å². The summed E-state index contributed by atoms with van der Waals surface area (Å²) in [6.45, 7) is 1.02. The molecule has 2 fully saturated rings. The van der Waals surface area contributed by atoms with Gasteiger partial charge in [0, 0.05) is 12.1 Å². The summed E-state index contributed by atoms with van der Waals surface area (Å²) in [6, 6.07) is 10.6. The fourth-order valence-corrected chi connectivity index (χ4v) is 4.57. The molecule has 6 nitrogen and oxygen atoms in total. The van der Waals surface area contributed by atoms with Crippen LogP contribution < -0.4 is 5.32 Å². The summed E-state index contributed by atoms with van der Waals surface area (Å²) in [5.41, 5.74) is 1.16. The molecule has 1 unspecified atom stereocenters. The molecule has 0 radical (unpaired) electrons. The Bertz CT molecular complexity index is 624. The molecule has 0 bridgehead atoms. The first-order valence-electron chi connectivity index (χ1n) is 9.44. The van der Waals surface area contributed by atoms with E-state index >= 15 is 0 Å². The minimum absolute atomic E-state index is 0.00395. The zero-order valence-corrected chi connectivity index (χ0v) is 16.4. The van der Waals surface area contributed by atoms with Crippen LogP contribution in [0.1, 0.15) is 31.2 Å². The molecule has 6 heteroatoms. The predicted octanol–water partition coefficient (Wildman–Crippen LogP) is 1.66. The number of aliphatic hydroxyl groups excluding tert-OH is 1. The molecule has 1 spiro atoms. The lowest BCUT2D eigenvalue weighted by Gasteiger charge is -2.51. The number of carbonyl (C=O) groups is 1. The summed E-state index contributed by atoms with van der Waals surface area (Å²) in [7, 11) is 7.96. The molecule has 2 N–H and O–H groups in total. The summed E-state index contributed by atoms with van der Waals surface area (Å²) in [6.07, 6.45) is 3.20. The summed E-state index contributed by atoms with van der Waals surface area (Å²) in [5.74, 6) is 0. The van der Waals surface area contributed by atoms with Gasteiger partial charge >= 0.3 is 6.03 Å².